The van der Waals surface area contributed by atoms with Crippen LogP contribution in [-0.4, -0.2) is 25.8 Å². The molecule has 2 atom stereocenters. The maximum Gasteiger partial charge on any atom is 0.314 e. The Balaban J connectivity index is 2.19. The molecular weight excluding hydrogens is 240 g/mol. The van der Waals surface area contributed by atoms with Crippen LogP contribution in [0.1, 0.15) is 64.7 Å². The normalized spacial score (nSPS) is 32.4. The summed E-state index contributed by atoms with van der Waals surface area (Å²) >= 11 is 0. The molecular formula is C16H28O3. The molecule has 2 saturated carbocycles. The zero-order valence-corrected chi connectivity index (χ0v) is 12.5. The van der Waals surface area contributed by atoms with Crippen LogP contribution >= 0.6 is 0 Å². The van der Waals surface area contributed by atoms with Crippen LogP contribution in [0.25, 0.3) is 0 Å². The van der Waals surface area contributed by atoms with E-state index in [1.54, 1.807) is 0 Å². The predicted molar refractivity (Wildman–Crippen MR) is 74.9 cm³/mol. The van der Waals surface area contributed by atoms with Gasteiger partial charge in [0.2, 0.25) is 0 Å². The molecule has 3 nitrogen and oxygen atoms in total. The second-order valence-corrected chi connectivity index (χ2v) is 6.12. The van der Waals surface area contributed by atoms with E-state index in [1.807, 2.05) is 0 Å². The van der Waals surface area contributed by atoms with E-state index in [9.17, 15) is 4.79 Å². The van der Waals surface area contributed by atoms with Crippen LogP contribution in [0.15, 0.2) is 0 Å². The summed E-state index contributed by atoms with van der Waals surface area (Å²) < 4.78 is 11.2. The van der Waals surface area contributed by atoms with Crippen LogP contribution in [-0.2, 0) is 14.3 Å². The van der Waals surface area contributed by atoms with Gasteiger partial charge >= 0.3 is 5.97 Å². The molecule has 2 aliphatic rings. The highest BCUT2D eigenvalue weighted by Crippen LogP contribution is 2.51. The zero-order chi connectivity index (χ0) is 13.7. The minimum absolute atomic E-state index is 0.0157. The predicted octanol–water partition coefficient (Wildman–Crippen LogP) is 3.71. The minimum Gasteiger partial charge on any atom is -0.469 e. The Kier molecular flexibility index (Phi) is 5.26. The van der Waals surface area contributed by atoms with Gasteiger partial charge in [0.15, 0.2) is 0 Å². The molecule has 0 spiro atoms. The average Bonchev–Trinajstić information content (AvgIpc) is 2.90. The lowest BCUT2D eigenvalue weighted by atomic mass is 9.66. The highest BCUT2D eigenvalue weighted by molar-refractivity contribution is 5.78. The van der Waals surface area contributed by atoms with Gasteiger partial charge < -0.3 is 9.47 Å². The van der Waals surface area contributed by atoms with E-state index in [2.05, 4.69) is 6.92 Å². The number of carbonyl (C=O) groups excluding carboxylic acids is 1. The SMILES string of the molecule is CCCOC1CCCC1(C(=O)OC)C1CCCCC1. The van der Waals surface area contributed by atoms with Gasteiger partial charge in [0.1, 0.15) is 0 Å². The fourth-order valence-electron chi connectivity index (χ4n) is 4.17. The van der Waals surface area contributed by atoms with E-state index in [1.165, 1.54) is 39.2 Å². The summed E-state index contributed by atoms with van der Waals surface area (Å²) in [6.45, 7) is 2.88. The molecule has 0 radical (unpaired) electrons. The molecule has 0 aromatic rings. The lowest BCUT2D eigenvalue weighted by Crippen LogP contribution is -2.47. The van der Waals surface area contributed by atoms with E-state index in [4.69, 9.17) is 9.47 Å². The van der Waals surface area contributed by atoms with Crippen molar-refractivity contribution in [3.8, 4) is 0 Å². The van der Waals surface area contributed by atoms with Crippen molar-refractivity contribution in [1.29, 1.82) is 0 Å². The smallest absolute Gasteiger partial charge is 0.314 e. The summed E-state index contributed by atoms with van der Waals surface area (Å²) in [6.07, 6.45) is 10.3. The van der Waals surface area contributed by atoms with Crippen molar-refractivity contribution in [2.75, 3.05) is 13.7 Å². The quantitative estimate of drug-likeness (QED) is 0.713. The van der Waals surface area contributed by atoms with Crippen molar-refractivity contribution >= 4 is 5.97 Å². The van der Waals surface area contributed by atoms with Crippen LogP contribution in [0.4, 0.5) is 0 Å². The van der Waals surface area contributed by atoms with E-state index in [0.717, 1.165) is 32.3 Å². The first kappa shape index (κ1) is 14.8. The van der Waals surface area contributed by atoms with E-state index < -0.39 is 0 Å². The van der Waals surface area contributed by atoms with Gasteiger partial charge in [-0.1, -0.05) is 26.2 Å². The Morgan fingerprint density at radius 1 is 1.16 bits per heavy atom. The molecule has 2 aliphatic carbocycles. The highest BCUT2D eigenvalue weighted by atomic mass is 16.5. The van der Waals surface area contributed by atoms with Crippen molar-refractivity contribution in [1.82, 2.24) is 0 Å². The molecule has 2 unspecified atom stereocenters. The molecule has 0 bridgehead atoms. The lowest BCUT2D eigenvalue weighted by Gasteiger charge is -2.41. The maximum atomic E-state index is 12.5. The fraction of sp³-hybridized carbons (Fsp3) is 0.938. The molecule has 2 rings (SSSR count). The molecule has 0 saturated heterocycles. The minimum atomic E-state index is -0.343. The van der Waals surface area contributed by atoms with Crippen molar-refractivity contribution in [2.24, 2.45) is 11.3 Å². The largest absolute Gasteiger partial charge is 0.469 e. The molecule has 0 heterocycles. The van der Waals surface area contributed by atoms with Gasteiger partial charge in [0.05, 0.1) is 18.6 Å². The Labute approximate surface area is 117 Å². The number of methoxy groups -OCH3 is 1. The van der Waals surface area contributed by atoms with Crippen molar-refractivity contribution in [3.05, 3.63) is 0 Å². The summed E-state index contributed by atoms with van der Waals surface area (Å²) in [5, 5.41) is 0. The van der Waals surface area contributed by atoms with E-state index in [-0.39, 0.29) is 17.5 Å². The average molecular weight is 268 g/mol. The van der Waals surface area contributed by atoms with Gasteiger partial charge in [-0.3, -0.25) is 4.79 Å². The van der Waals surface area contributed by atoms with Gasteiger partial charge in [0, 0.05) is 6.61 Å². The monoisotopic (exact) mass is 268 g/mol. The van der Waals surface area contributed by atoms with Crippen molar-refractivity contribution in [2.45, 2.75) is 70.8 Å². The molecule has 2 fully saturated rings. The molecule has 3 heteroatoms. The standard InChI is InChI=1S/C16H28O3/c1-3-12-19-14-10-7-11-16(14,15(17)18-2)13-8-5-4-6-9-13/h13-14H,3-12H2,1-2H3. The number of carbonyl (C=O) groups is 1. The van der Waals surface area contributed by atoms with Crippen LogP contribution in [0.2, 0.25) is 0 Å². The molecule has 0 aromatic carbocycles. The van der Waals surface area contributed by atoms with Crippen LogP contribution in [0.5, 0.6) is 0 Å². The summed E-state index contributed by atoms with van der Waals surface area (Å²) in [7, 11) is 1.53. The molecule has 0 aromatic heterocycles. The lowest BCUT2D eigenvalue weighted by molar-refractivity contribution is -0.169. The fourth-order valence-corrected chi connectivity index (χ4v) is 4.17. The Bertz CT molecular complexity index is 296. The molecule has 19 heavy (non-hydrogen) atoms. The Hall–Kier alpha value is -0.570. The van der Waals surface area contributed by atoms with Crippen LogP contribution < -0.4 is 0 Å². The molecule has 0 N–H and O–H groups in total. The third-order valence-electron chi connectivity index (χ3n) is 5.05. The first-order chi connectivity index (χ1) is 9.25. The van der Waals surface area contributed by atoms with E-state index >= 15 is 0 Å². The second kappa shape index (κ2) is 6.74. The molecule has 0 amide bonds. The third kappa shape index (κ3) is 2.81. The topological polar surface area (TPSA) is 35.5 Å². The summed E-state index contributed by atoms with van der Waals surface area (Å²) in [5.74, 6) is 0.455. The first-order valence-electron chi connectivity index (χ1n) is 7.95. The summed E-state index contributed by atoms with van der Waals surface area (Å²) in [6, 6.07) is 0. The van der Waals surface area contributed by atoms with E-state index in [0.29, 0.717) is 5.92 Å². The Morgan fingerprint density at radius 2 is 1.89 bits per heavy atom. The summed E-state index contributed by atoms with van der Waals surface area (Å²) in [4.78, 5) is 12.5. The van der Waals surface area contributed by atoms with Gasteiger partial charge in [0.25, 0.3) is 0 Å². The van der Waals surface area contributed by atoms with Crippen LogP contribution in [0.3, 0.4) is 0 Å². The third-order valence-corrected chi connectivity index (χ3v) is 5.05. The number of ether oxygens (including phenoxy) is 2. The Morgan fingerprint density at radius 3 is 2.53 bits per heavy atom. The highest BCUT2D eigenvalue weighted by Gasteiger charge is 2.55. The second-order valence-electron chi connectivity index (χ2n) is 6.12. The maximum absolute atomic E-state index is 12.5. The van der Waals surface area contributed by atoms with Crippen molar-refractivity contribution in [3.63, 3.8) is 0 Å². The molecule has 0 aliphatic heterocycles. The van der Waals surface area contributed by atoms with Gasteiger partial charge in [-0.2, -0.15) is 0 Å². The zero-order valence-electron chi connectivity index (χ0n) is 12.5. The van der Waals surface area contributed by atoms with Gasteiger partial charge in [-0.15, -0.1) is 0 Å². The van der Waals surface area contributed by atoms with Crippen molar-refractivity contribution < 1.29 is 14.3 Å². The number of hydrogen-bond acceptors (Lipinski definition) is 3. The number of hydrogen-bond donors (Lipinski definition) is 0. The van der Waals surface area contributed by atoms with Gasteiger partial charge in [-0.05, 0) is 44.4 Å². The van der Waals surface area contributed by atoms with Crippen LogP contribution in [0, 0.1) is 11.3 Å². The number of rotatable bonds is 5. The molecule has 110 valence electrons. The van der Waals surface area contributed by atoms with Gasteiger partial charge in [-0.25, -0.2) is 0 Å². The number of esters is 1. The first-order valence-corrected chi connectivity index (χ1v) is 7.95. The summed E-state index contributed by atoms with van der Waals surface area (Å²) in [5.41, 5.74) is -0.343.